The number of hydrogen-bond acceptors (Lipinski definition) is 4. The fraction of sp³-hybridized carbons (Fsp3) is 0.667. The fourth-order valence-electron chi connectivity index (χ4n) is 2.15. The highest BCUT2D eigenvalue weighted by atomic mass is 16.5. The van der Waals surface area contributed by atoms with Crippen molar-refractivity contribution in [1.82, 2.24) is 5.16 Å². The first kappa shape index (κ1) is 8.72. The lowest BCUT2D eigenvalue weighted by atomic mass is 9.63. The molecule has 1 aliphatic carbocycles. The molecule has 13 heavy (non-hydrogen) atoms. The number of nitrogens with two attached hydrogens (primary N) is 1. The van der Waals surface area contributed by atoms with Crippen LogP contribution in [0.5, 0.6) is 0 Å². The summed E-state index contributed by atoms with van der Waals surface area (Å²) in [6, 6.07) is 0. The van der Waals surface area contributed by atoms with Crippen molar-refractivity contribution in [1.29, 1.82) is 0 Å². The van der Waals surface area contributed by atoms with Crippen molar-refractivity contribution < 1.29 is 9.63 Å². The van der Waals surface area contributed by atoms with Crippen molar-refractivity contribution in [2.45, 2.75) is 31.3 Å². The van der Waals surface area contributed by atoms with Crippen molar-refractivity contribution in [3.8, 4) is 0 Å². The van der Waals surface area contributed by atoms with Crippen LogP contribution < -0.4 is 5.73 Å². The molecule has 1 heterocycles. The van der Waals surface area contributed by atoms with Crippen LogP contribution in [0.1, 0.15) is 24.2 Å². The summed E-state index contributed by atoms with van der Waals surface area (Å²) in [5.41, 5.74) is 6.69. The van der Waals surface area contributed by atoms with Gasteiger partial charge < -0.3 is 15.4 Å². The zero-order valence-corrected chi connectivity index (χ0v) is 7.66. The molecule has 3 N–H and O–H groups in total. The van der Waals surface area contributed by atoms with Crippen LogP contribution in [0.3, 0.4) is 0 Å². The lowest BCUT2D eigenvalue weighted by Crippen LogP contribution is -2.49. The minimum absolute atomic E-state index is 0.0799. The van der Waals surface area contributed by atoms with E-state index in [-0.39, 0.29) is 11.5 Å². The van der Waals surface area contributed by atoms with Crippen molar-refractivity contribution in [3.63, 3.8) is 0 Å². The summed E-state index contributed by atoms with van der Waals surface area (Å²) in [4.78, 5) is 0. The van der Waals surface area contributed by atoms with E-state index in [0.717, 1.165) is 24.2 Å². The van der Waals surface area contributed by atoms with Gasteiger partial charge in [0.2, 0.25) is 0 Å². The van der Waals surface area contributed by atoms with E-state index in [9.17, 15) is 5.11 Å². The van der Waals surface area contributed by atoms with Gasteiger partial charge in [0.1, 0.15) is 5.76 Å². The average molecular weight is 182 g/mol. The maximum atomic E-state index is 9.30. The Kier molecular flexibility index (Phi) is 1.89. The third-order valence-corrected chi connectivity index (χ3v) is 2.97. The highest BCUT2D eigenvalue weighted by molar-refractivity contribution is 5.29. The van der Waals surface area contributed by atoms with Crippen molar-refractivity contribution in [2.75, 3.05) is 6.54 Å². The van der Waals surface area contributed by atoms with Gasteiger partial charge in [-0.15, -0.1) is 0 Å². The number of aryl methyl sites for hydroxylation is 1. The Morgan fingerprint density at radius 3 is 2.85 bits per heavy atom. The zero-order chi connectivity index (χ0) is 9.47. The van der Waals surface area contributed by atoms with Crippen LogP contribution in [-0.2, 0) is 5.41 Å². The molecule has 0 unspecified atom stereocenters. The number of aromatic nitrogens is 1. The van der Waals surface area contributed by atoms with Gasteiger partial charge in [-0.25, -0.2) is 0 Å². The van der Waals surface area contributed by atoms with Crippen molar-refractivity contribution in [2.24, 2.45) is 5.73 Å². The molecule has 1 aromatic rings. The van der Waals surface area contributed by atoms with E-state index in [1.807, 2.05) is 6.92 Å². The maximum Gasteiger partial charge on any atom is 0.137 e. The molecule has 0 aromatic carbocycles. The molecule has 0 saturated heterocycles. The molecule has 0 spiro atoms. The molecule has 4 nitrogen and oxygen atoms in total. The lowest BCUT2D eigenvalue weighted by Gasteiger charge is -2.44. The topological polar surface area (TPSA) is 72.3 Å². The molecule has 4 heteroatoms. The van der Waals surface area contributed by atoms with E-state index in [1.165, 1.54) is 0 Å². The highest BCUT2D eigenvalue weighted by Crippen LogP contribution is 2.44. The third kappa shape index (κ3) is 1.17. The van der Waals surface area contributed by atoms with Gasteiger partial charge in [-0.3, -0.25) is 0 Å². The largest absolute Gasteiger partial charge is 0.393 e. The SMILES string of the molecule is Cc1oncc1C1(CN)CC(O)C1. The van der Waals surface area contributed by atoms with E-state index in [0.29, 0.717) is 6.54 Å². The van der Waals surface area contributed by atoms with E-state index in [2.05, 4.69) is 5.16 Å². The molecule has 1 fully saturated rings. The molecular weight excluding hydrogens is 168 g/mol. The number of aliphatic hydroxyl groups excluding tert-OH is 1. The van der Waals surface area contributed by atoms with E-state index in [1.54, 1.807) is 6.20 Å². The maximum absolute atomic E-state index is 9.30. The second-order valence-corrected chi connectivity index (χ2v) is 3.84. The molecule has 1 saturated carbocycles. The van der Waals surface area contributed by atoms with Gasteiger partial charge >= 0.3 is 0 Å². The summed E-state index contributed by atoms with van der Waals surface area (Å²) in [6.45, 7) is 2.43. The summed E-state index contributed by atoms with van der Waals surface area (Å²) in [5.74, 6) is 0.817. The van der Waals surface area contributed by atoms with Gasteiger partial charge in [0, 0.05) is 17.5 Å². The summed E-state index contributed by atoms with van der Waals surface area (Å²) in [5, 5.41) is 13.0. The Labute approximate surface area is 76.7 Å². The quantitative estimate of drug-likeness (QED) is 0.691. The van der Waals surface area contributed by atoms with Gasteiger partial charge in [-0.05, 0) is 19.8 Å². The summed E-state index contributed by atoms with van der Waals surface area (Å²) < 4.78 is 5.00. The predicted octanol–water partition coefficient (Wildman–Crippen LogP) is 0.334. The Morgan fingerprint density at radius 1 is 1.77 bits per heavy atom. The van der Waals surface area contributed by atoms with E-state index in [4.69, 9.17) is 10.3 Å². The van der Waals surface area contributed by atoms with Crippen molar-refractivity contribution >= 4 is 0 Å². The smallest absolute Gasteiger partial charge is 0.137 e. The molecule has 2 rings (SSSR count). The van der Waals surface area contributed by atoms with Crippen LogP contribution >= 0.6 is 0 Å². The van der Waals surface area contributed by atoms with Gasteiger partial charge in [0.15, 0.2) is 0 Å². The Hall–Kier alpha value is -0.870. The summed E-state index contributed by atoms with van der Waals surface area (Å²) >= 11 is 0. The molecule has 0 amide bonds. The average Bonchev–Trinajstić information content (AvgIpc) is 2.46. The molecule has 1 aliphatic rings. The fourth-order valence-corrected chi connectivity index (χ4v) is 2.15. The van der Waals surface area contributed by atoms with Crippen LogP contribution in [-0.4, -0.2) is 22.9 Å². The Morgan fingerprint density at radius 2 is 2.46 bits per heavy atom. The highest BCUT2D eigenvalue weighted by Gasteiger charge is 2.45. The minimum atomic E-state index is -0.210. The van der Waals surface area contributed by atoms with Gasteiger partial charge in [-0.2, -0.15) is 0 Å². The predicted molar refractivity (Wildman–Crippen MR) is 47.2 cm³/mol. The molecule has 0 radical (unpaired) electrons. The van der Waals surface area contributed by atoms with Crippen LogP contribution in [0, 0.1) is 6.92 Å². The van der Waals surface area contributed by atoms with Gasteiger partial charge in [-0.1, -0.05) is 5.16 Å². The van der Waals surface area contributed by atoms with E-state index < -0.39 is 0 Å². The summed E-state index contributed by atoms with van der Waals surface area (Å²) in [6.07, 6.45) is 2.96. The Balaban J connectivity index is 2.28. The first-order valence-corrected chi connectivity index (χ1v) is 4.48. The standard InChI is InChI=1S/C9H14N2O2/c1-6-8(4-11-13-6)9(5-10)2-7(12)3-9/h4,7,12H,2-3,5,10H2,1H3. The molecule has 0 atom stereocenters. The lowest BCUT2D eigenvalue weighted by molar-refractivity contribution is 0.0215. The molecule has 1 aromatic heterocycles. The Bertz CT molecular complexity index is 302. The van der Waals surface area contributed by atoms with Crippen molar-refractivity contribution in [3.05, 3.63) is 17.5 Å². The minimum Gasteiger partial charge on any atom is -0.393 e. The number of rotatable bonds is 2. The van der Waals surface area contributed by atoms with Crippen LogP contribution in [0.2, 0.25) is 0 Å². The molecular formula is C9H14N2O2. The van der Waals surface area contributed by atoms with Crippen LogP contribution in [0.4, 0.5) is 0 Å². The normalized spacial score (nSPS) is 33.0. The van der Waals surface area contributed by atoms with E-state index >= 15 is 0 Å². The third-order valence-electron chi connectivity index (χ3n) is 2.97. The van der Waals surface area contributed by atoms with Crippen LogP contribution in [0.25, 0.3) is 0 Å². The molecule has 0 bridgehead atoms. The second kappa shape index (κ2) is 2.82. The first-order chi connectivity index (χ1) is 6.18. The molecule has 0 aliphatic heterocycles. The second-order valence-electron chi connectivity index (χ2n) is 3.84. The zero-order valence-electron chi connectivity index (χ0n) is 7.66. The monoisotopic (exact) mass is 182 g/mol. The number of nitrogens with zero attached hydrogens (tertiary/aromatic N) is 1. The summed E-state index contributed by atoms with van der Waals surface area (Å²) in [7, 11) is 0. The first-order valence-electron chi connectivity index (χ1n) is 4.48. The number of aliphatic hydroxyl groups is 1. The van der Waals surface area contributed by atoms with Crippen LogP contribution in [0.15, 0.2) is 10.7 Å². The van der Waals surface area contributed by atoms with Gasteiger partial charge in [0.25, 0.3) is 0 Å². The molecule has 72 valence electrons. The number of hydrogen-bond donors (Lipinski definition) is 2. The van der Waals surface area contributed by atoms with Gasteiger partial charge in [0.05, 0.1) is 12.3 Å².